The fraction of sp³-hybridized carbons (Fsp3) is 0.273. The standard InChI is InChI=1S/C22H20I2O5/c1-3-5-6-19(25)28-13-7-8-14-18(11-13)29-17(4-2)20(14)21(26)12-9-15(23)22(27)16(24)10-12/h7-11,27H,3-6H2,1-2H3. The molecule has 0 unspecified atom stereocenters. The van der Waals surface area contributed by atoms with Crippen LogP contribution >= 0.6 is 45.2 Å². The van der Waals surface area contributed by atoms with Gasteiger partial charge in [-0.3, -0.25) is 9.59 Å². The average Bonchev–Trinajstić information content (AvgIpc) is 3.07. The van der Waals surface area contributed by atoms with Crippen molar-refractivity contribution in [2.24, 2.45) is 0 Å². The predicted molar refractivity (Wildman–Crippen MR) is 128 cm³/mol. The molecule has 2 aromatic carbocycles. The highest BCUT2D eigenvalue weighted by Gasteiger charge is 2.23. The number of unbranched alkanes of at least 4 members (excludes halogenated alkanes) is 1. The van der Waals surface area contributed by atoms with Crippen molar-refractivity contribution in [3.05, 3.63) is 54.4 Å². The summed E-state index contributed by atoms with van der Waals surface area (Å²) in [6.45, 7) is 3.94. The third kappa shape index (κ3) is 4.76. The Balaban J connectivity index is 2.00. The fourth-order valence-corrected chi connectivity index (χ4v) is 4.80. The molecule has 0 saturated heterocycles. The molecule has 7 heteroatoms. The molecule has 0 radical (unpaired) electrons. The van der Waals surface area contributed by atoms with Gasteiger partial charge in [0.2, 0.25) is 0 Å². The third-order valence-electron chi connectivity index (χ3n) is 4.53. The first kappa shape index (κ1) is 22.1. The minimum Gasteiger partial charge on any atom is -0.506 e. The minimum atomic E-state index is -0.280. The first-order chi connectivity index (χ1) is 13.8. The Morgan fingerprint density at radius 3 is 2.41 bits per heavy atom. The van der Waals surface area contributed by atoms with Gasteiger partial charge < -0.3 is 14.3 Å². The highest BCUT2D eigenvalue weighted by Crippen LogP contribution is 2.34. The van der Waals surface area contributed by atoms with Gasteiger partial charge in [-0.05, 0) is 75.9 Å². The molecule has 0 bridgehead atoms. The number of furan rings is 1. The van der Waals surface area contributed by atoms with Crippen LogP contribution in [0.5, 0.6) is 11.5 Å². The molecule has 0 amide bonds. The Hall–Kier alpha value is -1.62. The normalized spacial score (nSPS) is 11.0. The second-order valence-corrected chi connectivity index (χ2v) is 8.93. The van der Waals surface area contributed by atoms with Gasteiger partial charge in [0.15, 0.2) is 5.78 Å². The van der Waals surface area contributed by atoms with Crippen molar-refractivity contribution in [1.82, 2.24) is 0 Å². The van der Waals surface area contributed by atoms with E-state index >= 15 is 0 Å². The number of phenols is 1. The van der Waals surface area contributed by atoms with Crippen molar-refractivity contribution in [3.63, 3.8) is 0 Å². The van der Waals surface area contributed by atoms with E-state index in [1.807, 2.05) is 59.0 Å². The summed E-state index contributed by atoms with van der Waals surface area (Å²) in [5.41, 5.74) is 1.50. The highest BCUT2D eigenvalue weighted by molar-refractivity contribution is 14.1. The molecule has 0 atom stereocenters. The number of rotatable bonds is 7. The molecule has 0 spiro atoms. The van der Waals surface area contributed by atoms with E-state index in [2.05, 4.69) is 0 Å². The van der Waals surface area contributed by atoms with E-state index in [9.17, 15) is 14.7 Å². The van der Waals surface area contributed by atoms with Crippen LogP contribution < -0.4 is 4.74 Å². The van der Waals surface area contributed by atoms with E-state index in [4.69, 9.17) is 9.15 Å². The minimum absolute atomic E-state index is 0.163. The molecule has 0 aliphatic carbocycles. The smallest absolute Gasteiger partial charge is 0.311 e. The lowest BCUT2D eigenvalue weighted by atomic mass is 9.99. The lowest BCUT2D eigenvalue weighted by Gasteiger charge is -2.06. The first-order valence-electron chi connectivity index (χ1n) is 9.34. The zero-order valence-corrected chi connectivity index (χ0v) is 20.4. The summed E-state index contributed by atoms with van der Waals surface area (Å²) in [5, 5.41) is 10.7. The van der Waals surface area contributed by atoms with Gasteiger partial charge in [0, 0.05) is 29.9 Å². The Morgan fingerprint density at radius 1 is 1.10 bits per heavy atom. The van der Waals surface area contributed by atoms with Gasteiger partial charge in [0.1, 0.15) is 22.8 Å². The van der Waals surface area contributed by atoms with Crippen LogP contribution in [-0.4, -0.2) is 16.9 Å². The van der Waals surface area contributed by atoms with Crippen molar-refractivity contribution < 1.29 is 23.8 Å². The predicted octanol–water partition coefficient (Wildman–Crippen LogP) is 6.24. The third-order valence-corrected chi connectivity index (χ3v) is 6.17. The van der Waals surface area contributed by atoms with Crippen LogP contribution in [0.1, 0.15) is 54.8 Å². The van der Waals surface area contributed by atoms with Crippen molar-refractivity contribution in [3.8, 4) is 11.5 Å². The molecule has 5 nitrogen and oxygen atoms in total. The van der Waals surface area contributed by atoms with Crippen molar-refractivity contribution >= 4 is 67.9 Å². The van der Waals surface area contributed by atoms with Crippen LogP contribution in [0.3, 0.4) is 0 Å². The molecular weight excluding hydrogens is 598 g/mol. The largest absolute Gasteiger partial charge is 0.506 e. The van der Waals surface area contributed by atoms with Gasteiger partial charge in [-0.25, -0.2) is 0 Å². The van der Waals surface area contributed by atoms with Gasteiger partial charge >= 0.3 is 5.97 Å². The molecule has 29 heavy (non-hydrogen) atoms. The number of halogens is 2. The van der Waals surface area contributed by atoms with Crippen molar-refractivity contribution in [2.45, 2.75) is 39.5 Å². The molecule has 0 aliphatic heterocycles. The lowest BCUT2D eigenvalue weighted by Crippen LogP contribution is -2.07. The van der Waals surface area contributed by atoms with Crippen LogP contribution in [0, 0.1) is 7.14 Å². The van der Waals surface area contributed by atoms with Crippen LogP contribution in [0.15, 0.2) is 34.7 Å². The molecule has 1 heterocycles. The van der Waals surface area contributed by atoms with Crippen molar-refractivity contribution in [2.75, 3.05) is 0 Å². The number of ketones is 1. The zero-order valence-electron chi connectivity index (χ0n) is 16.1. The maximum Gasteiger partial charge on any atom is 0.311 e. The number of phenolic OH excluding ortho intramolecular Hbond substituents is 1. The zero-order chi connectivity index (χ0) is 21.1. The van der Waals surface area contributed by atoms with Crippen LogP contribution in [0.2, 0.25) is 0 Å². The van der Waals surface area contributed by atoms with E-state index in [0.717, 1.165) is 12.8 Å². The van der Waals surface area contributed by atoms with Crippen LogP contribution in [0.4, 0.5) is 0 Å². The number of ether oxygens (including phenoxy) is 1. The van der Waals surface area contributed by atoms with E-state index in [-0.39, 0.29) is 17.5 Å². The summed E-state index contributed by atoms with van der Waals surface area (Å²) in [4.78, 5) is 25.2. The summed E-state index contributed by atoms with van der Waals surface area (Å²) < 4.78 is 12.5. The number of aryl methyl sites for hydroxylation is 1. The molecule has 0 fully saturated rings. The van der Waals surface area contributed by atoms with Gasteiger partial charge in [0.25, 0.3) is 0 Å². The molecule has 1 aromatic heterocycles. The summed E-state index contributed by atoms with van der Waals surface area (Å²) in [6.07, 6.45) is 2.62. The monoisotopic (exact) mass is 618 g/mol. The quantitative estimate of drug-likeness (QED) is 0.147. The molecule has 152 valence electrons. The van der Waals surface area contributed by atoms with Gasteiger partial charge in [-0.2, -0.15) is 0 Å². The molecule has 3 aromatic rings. The Labute approximate surface area is 196 Å². The maximum absolute atomic E-state index is 13.3. The van der Waals surface area contributed by atoms with Crippen molar-refractivity contribution in [1.29, 1.82) is 0 Å². The molecule has 3 rings (SSSR count). The SMILES string of the molecule is CCCCC(=O)Oc1ccc2c(C(=O)c3cc(I)c(O)c(I)c3)c(CC)oc2c1. The Morgan fingerprint density at radius 2 is 1.79 bits per heavy atom. The first-order valence-corrected chi connectivity index (χ1v) is 11.5. The van der Waals surface area contributed by atoms with Gasteiger partial charge in [-0.15, -0.1) is 0 Å². The number of carbonyl (C=O) groups is 2. The number of aromatic hydroxyl groups is 1. The second kappa shape index (κ2) is 9.46. The average molecular weight is 618 g/mol. The van der Waals surface area contributed by atoms with Crippen LogP contribution in [-0.2, 0) is 11.2 Å². The lowest BCUT2D eigenvalue weighted by molar-refractivity contribution is -0.134. The summed E-state index contributed by atoms with van der Waals surface area (Å²) >= 11 is 4.02. The Kier molecular flexibility index (Phi) is 7.20. The number of carbonyl (C=O) groups excluding carboxylic acids is 2. The van der Waals surface area contributed by atoms with E-state index in [0.29, 0.717) is 53.6 Å². The molecule has 1 N–H and O–H groups in total. The summed E-state index contributed by atoms with van der Waals surface area (Å²) in [5.74, 6) is 0.715. The summed E-state index contributed by atoms with van der Waals surface area (Å²) in [7, 11) is 0. The number of esters is 1. The highest BCUT2D eigenvalue weighted by atomic mass is 127. The van der Waals surface area contributed by atoms with E-state index < -0.39 is 0 Å². The fourth-order valence-electron chi connectivity index (χ4n) is 3.03. The van der Waals surface area contributed by atoms with E-state index in [1.54, 1.807) is 30.3 Å². The maximum atomic E-state index is 13.3. The topological polar surface area (TPSA) is 76.7 Å². The number of hydrogen-bond donors (Lipinski definition) is 1. The molecule has 0 saturated carbocycles. The Bertz CT molecular complexity index is 1060. The van der Waals surface area contributed by atoms with Gasteiger partial charge in [0.05, 0.1) is 12.7 Å². The summed E-state index contributed by atoms with van der Waals surface area (Å²) in [6, 6.07) is 8.43. The van der Waals surface area contributed by atoms with Crippen LogP contribution in [0.25, 0.3) is 11.0 Å². The molecular formula is C22H20I2O5. The molecule has 0 aliphatic rings. The second-order valence-electron chi connectivity index (χ2n) is 6.61. The van der Waals surface area contributed by atoms with E-state index in [1.165, 1.54) is 0 Å². The number of hydrogen-bond acceptors (Lipinski definition) is 5. The van der Waals surface area contributed by atoms with Gasteiger partial charge in [-0.1, -0.05) is 20.3 Å². The number of benzene rings is 2. The number of fused-ring (bicyclic) bond motifs is 1.